The Balaban J connectivity index is 4.37. The number of alkyl carbamates (subject to hydrolysis) is 1. The number of carboxylic acids is 1. The van der Waals surface area contributed by atoms with Crippen molar-refractivity contribution >= 4 is 23.7 Å². The Labute approximate surface area is 108 Å². The molecular formula is C10H16ClF2NO4. The van der Waals surface area contributed by atoms with Gasteiger partial charge in [0.2, 0.25) is 0 Å². The van der Waals surface area contributed by atoms with Crippen molar-refractivity contribution in [2.75, 3.05) is 0 Å². The smallest absolute Gasteiger partial charge is 0.408 e. The summed E-state index contributed by atoms with van der Waals surface area (Å²) in [5.74, 6) is -1.43. The molecule has 1 atom stereocenters. The summed E-state index contributed by atoms with van der Waals surface area (Å²) >= 11 is 4.65. The first-order valence-corrected chi connectivity index (χ1v) is 5.57. The lowest BCUT2D eigenvalue weighted by Crippen LogP contribution is -2.43. The standard InChI is InChI=1S/C10H16ClF2NO4/c1-9(2,3)18-8(17)14-6(7(15)16)4-5-10(11,12)13/h6H,4-5H2,1-3H3,(H,14,17)(H,15,16). The lowest BCUT2D eigenvalue weighted by Gasteiger charge is -2.22. The third kappa shape index (κ3) is 8.98. The zero-order chi connectivity index (χ0) is 14.6. The number of amides is 1. The largest absolute Gasteiger partial charge is 0.480 e. The average Bonchev–Trinajstić information content (AvgIpc) is 2.06. The van der Waals surface area contributed by atoms with Gasteiger partial charge in [-0.05, 0) is 38.8 Å². The van der Waals surface area contributed by atoms with E-state index in [-0.39, 0.29) is 0 Å². The van der Waals surface area contributed by atoms with Gasteiger partial charge in [0.05, 0.1) is 0 Å². The maximum atomic E-state index is 12.4. The van der Waals surface area contributed by atoms with Crippen LogP contribution < -0.4 is 5.32 Å². The second-order valence-electron chi connectivity index (χ2n) is 4.69. The molecule has 0 heterocycles. The second kappa shape index (κ2) is 6.17. The Morgan fingerprint density at radius 2 is 1.89 bits per heavy atom. The monoisotopic (exact) mass is 287 g/mol. The quantitative estimate of drug-likeness (QED) is 0.762. The van der Waals surface area contributed by atoms with Gasteiger partial charge >= 0.3 is 17.4 Å². The number of alkyl halides is 3. The third-order valence-corrected chi connectivity index (χ3v) is 1.89. The van der Waals surface area contributed by atoms with Gasteiger partial charge in [0.25, 0.3) is 0 Å². The van der Waals surface area contributed by atoms with Crippen molar-refractivity contribution in [2.45, 2.75) is 50.6 Å². The van der Waals surface area contributed by atoms with Crippen LogP contribution in [-0.4, -0.2) is 34.2 Å². The molecule has 0 saturated heterocycles. The van der Waals surface area contributed by atoms with Crippen LogP contribution in [0.5, 0.6) is 0 Å². The van der Waals surface area contributed by atoms with E-state index in [0.29, 0.717) is 0 Å². The number of halogens is 3. The summed E-state index contributed by atoms with van der Waals surface area (Å²) in [6.45, 7) is 4.78. The number of carbonyl (C=O) groups is 2. The molecule has 0 radical (unpaired) electrons. The molecule has 0 spiro atoms. The molecule has 0 bridgehead atoms. The van der Waals surface area contributed by atoms with Crippen LogP contribution in [0.25, 0.3) is 0 Å². The fourth-order valence-corrected chi connectivity index (χ4v) is 1.12. The van der Waals surface area contributed by atoms with Crippen LogP contribution in [-0.2, 0) is 9.53 Å². The van der Waals surface area contributed by atoms with Gasteiger partial charge in [0, 0.05) is 6.42 Å². The van der Waals surface area contributed by atoms with Crippen molar-refractivity contribution < 1.29 is 28.2 Å². The Bertz CT molecular complexity index is 312. The van der Waals surface area contributed by atoms with Crippen molar-refractivity contribution in [3.8, 4) is 0 Å². The van der Waals surface area contributed by atoms with Crippen molar-refractivity contribution in [1.82, 2.24) is 5.32 Å². The maximum Gasteiger partial charge on any atom is 0.408 e. The number of nitrogens with one attached hydrogen (secondary N) is 1. The number of ether oxygens (including phenoxy) is 1. The summed E-state index contributed by atoms with van der Waals surface area (Å²) in [5, 5.41) is 7.26. The molecule has 18 heavy (non-hydrogen) atoms. The Hall–Kier alpha value is -1.11. The molecule has 0 aliphatic rings. The van der Waals surface area contributed by atoms with Crippen LogP contribution in [0.15, 0.2) is 0 Å². The fraction of sp³-hybridized carbons (Fsp3) is 0.800. The molecule has 0 aromatic rings. The van der Waals surface area contributed by atoms with Gasteiger partial charge < -0.3 is 15.2 Å². The van der Waals surface area contributed by atoms with Crippen molar-refractivity contribution in [1.29, 1.82) is 0 Å². The van der Waals surface area contributed by atoms with E-state index < -0.39 is 41.9 Å². The summed E-state index contributed by atoms with van der Waals surface area (Å²) in [6, 6.07) is -1.47. The van der Waals surface area contributed by atoms with Gasteiger partial charge in [-0.15, -0.1) is 0 Å². The number of rotatable bonds is 5. The summed E-state index contributed by atoms with van der Waals surface area (Å²) in [4.78, 5) is 22.0. The van der Waals surface area contributed by atoms with E-state index in [1.54, 1.807) is 20.8 Å². The van der Waals surface area contributed by atoms with E-state index >= 15 is 0 Å². The first-order valence-electron chi connectivity index (χ1n) is 5.20. The number of carbonyl (C=O) groups excluding carboxylic acids is 1. The highest BCUT2D eigenvalue weighted by Crippen LogP contribution is 2.25. The molecule has 5 nitrogen and oxygen atoms in total. The normalized spacial score (nSPS) is 13.9. The molecule has 0 rings (SSSR count). The first-order chi connectivity index (χ1) is 7.91. The highest BCUT2D eigenvalue weighted by atomic mass is 35.5. The highest BCUT2D eigenvalue weighted by molar-refractivity contribution is 6.21. The van der Waals surface area contributed by atoms with E-state index in [4.69, 9.17) is 9.84 Å². The van der Waals surface area contributed by atoms with Crippen molar-refractivity contribution in [3.63, 3.8) is 0 Å². The van der Waals surface area contributed by atoms with Crippen LogP contribution in [0.1, 0.15) is 33.6 Å². The molecule has 2 N–H and O–H groups in total. The van der Waals surface area contributed by atoms with Crippen LogP contribution in [0.3, 0.4) is 0 Å². The van der Waals surface area contributed by atoms with Crippen LogP contribution >= 0.6 is 11.6 Å². The molecule has 1 amide bonds. The minimum Gasteiger partial charge on any atom is -0.480 e. The molecule has 8 heteroatoms. The summed E-state index contributed by atoms with van der Waals surface area (Å²) in [5.41, 5.74) is -0.802. The lowest BCUT2D eigenvalue weighted by atomic mass is 10.1. The van der Waals surface area contributed by atoms with Crippen LogP contribution in [0.4, 0.5) is 13.6 Å². The molecule has 0 aromatic heterocycles. The zero-order valence-electron chi connectivity index (χ0n) is 10.3. The summed E-state index contributed by atoms with van der Waals surface area (Å²) < 4.78 is 29.6. The fourth-order valence-electron chi connectivity index (χ4n) is 1.02. The minimum atomic E-state index is -3.50. The SMILES string of the molecule is CC(C)(C)OC(=O)NC(CCC(F)(F)Cl)C(=O)O. The van der Waals surface area contributed by atoms with Crippen LogP contribution in [0, 0.1) is 0 Å². The number of hydrogen-bond acceptors (Lipinski definition) is 3. The summed E-state index contributed by atoms with van der Waals surface area (Å²) in [7, 11) is 0. The zero-order valence-corrected chi connectivity index (χ0v) is 11.1. The Kier molecular flexibility index (Phi) is 5.79. The van der Waals surface area contributed by atoms with Gasteiger partial charge in [-0.2, -0.15) is 8.78 Å². The van der Waals surface area contributed by atoms with Gasteiger partial charge in [0.1, 0.15) is 11.6 Å². The Morgan fingerprint density at radius 1 is 1.39 bits per heavy atom. The number of carboxylic acid groups (broad SMARTS) is 1. The van der Waals surface area contributed by atoms with Crippen molar-refractivity contribution in [3.05, 3.63) is 0 Å². The topological polar surface area (TPSA) is 75.6 Å². The van der Waals surface area contributed by atoms with Gasteiger partial charge in [-0.25, -0.2) is 9.59 Å². The predicted octanol–water partition coefficient (Wildman–Crippen LogP) is 2.58. The molecule has 0 saturated carbocycles. The third-order valence-electron chi connectivity index (χ3n) is 1.71. The Morgan fingerprint density at radius 3 is 2.22 bits per heavy atom. The average molecular weight is 288 g/mol. The molecule has 0 aliphatic carbocycles. The van der Waals surface area contributed by atoms with Gasteiger partial charge in [-0.3, -0.25) is 0 Å². The lowest BCUT2D eigenvalue weighted by molar-refractivity contribution is -0.139. The van der Waals surface area contributed by atoms with E-state index in [0.717, 1.165) is 0 Å². The minimum absolute atomic E-state index is 0.495. The molecule has 0 aliphatic heterocycles. The van der Waals surface area contributed by atoms with E-state index in [1.165, 1.54) is 0 Å². The molecule has 0 aromatic carbocycles. The molecule has 1 unspecified atom stereocenters. The maximum absolute atomic E-state index is 12.4. The molecule has 0 fully saturated rings. The van der Waals surface area contributed by atoms with E-state index in [2.05, 4.69) is 11.6 Å². The second-order valence-corrected chi connectivity index (χ2v) is 5.24. The van der Waals surface area contributed by atoms with Gasteiger partial charge in [-0.1, -0.05) is 0 Å². The number of hydrogen-bond donors (Lipinski definition) is 2. The summed E-state index contributed by atoms with van der Waals surface area (Å²) in [6.07, 6.45) is -2.33. The van der Waals surface area contributed by atoms with E-state index in [1.807, 2.05) is 5.32 Å². The first kappa shape index (κ1) is 16.9. The molecular weight excluding hydrogens is 272 g/mol. The van der Waals surface area contributed by atoms with Gasteiger partial charge in [0.15, 0.2) is 0 Å². The number of aliphatic carboxylic acids is 1. The highest BCUT2D eigenvalue weighted by Gasteiger charge is 2.30. The predicted molar refractivity (Wildman–Crippen MR) is 60.8 cm³/mol. The van der Waals surface area contributed by atoms with E-state index in [9.17, 15) is 18.4 Å². The van der Waals surface area contributed by atoms with Crippen molar-refractivity contribution in [2.24, 2.45) is 0 Å². The van der Waals surface area contributed by atoms with Crippen LogP contribution in [0.2, 0.25) is 0 Å². The molecule has 106 valence electrons.